The molecule has 2 aliphatic heterocycles. The molecule has 3 aromatic rings. The molecule has 0 radical (unpaired) electrons. The van der Waals surface area contributed by atoms with Gasteiger partial charge in [-0.1, -0.05) is 30.3 Å². The van der Waals surface area contributed by atoms with Crippen LogP contribution >= 0.6 is 0 Å². The molecule has 7 nitrogen and oxygen atoms in total. The smallest absolute Gasteiger partial charge is 0.217 e. The largest absolute Gasteiger partial charge is 0.507 e. The van der Waals surface area contributed by atoms with E-state index in [1.807, 2.05) is 53.5 Å². The number of nitrogens with zero attached hydrogens (tertiary/aromatic N) is 2. The maximum atomic E-state index is 10.4. The standard InChI is InChI=1S/C25H24N2O5/c1-29-21-12-7-10-17(23(21)31-3)25-27-19(16-9-6-13-22(30-2)24(16)32-25)14-18(26-27)15-8-4-5-11-20(15)28/h4-13,19,25,28H,14H2,1-3H3/t19-,25-/m0/s1. The normalized spacial score (nSPS) is 18.8. The van der Waals surface area contributed by atoms with Gasteiger partial charge in [0, 0.05) is 17.5 Å². The summed E-state index contributed by atoms with van der Waals surface area (Å²) < 4.78 is 23.3. The summed E-state index contributed by atoms with van der Waals surface area (Å²) in [6, 6.07) is 18.7. The first-order valence-electron chi connectivity index (χ1n) is 10.3. The number of hydrogen-bond donors (Lipinski definition) is 1. The average molecular weight is 432 g/mol. The molecular formula is C25H24N2O5. The summed E-state index contributed by atoms with van der Waals surface area (Å²) in [5, 5.41) is 17.3. The van der Waals surface area contributed by atoms with Crippen LogP contribution in [0.2, 0.25) is 0 Å². The Bertz CT molecular complexity index is 1190. The first-order valence-corrected chi connectivity index (χ1v) is 10.3. The van der Waals surface area contributed by atoms with Crippen LogP contribution in [0.4, 0.5) is 0 Å². The minimum absolute atomic E-state index is 0.0932. The van der Waals surface area contributed by atoms with Gasteiger partial charge in [0.25, 0.3) is 0 Å². The lowest BCUT2D eigenvalue weighted by molar-refractivity contribution is -0.0223. The number of hydrazone groups is 1. The SMILES string of the molecule is COc1cccc2c1O[C@@H](c1cccc(OC)c1OC)N1N=C(c3ccccc3O)C[C@@H]21. The highest BCUT2D eigenvalue weighted by molar-refractivity contribution is 6.04. The van der Waals surface area contributed by atoms with E-state index in [-0.39, 0.29) is 11.8 Å². The summed E-state index contributed by atoms with van der Waals surface area (Å²) >= 11 is 0. The van der Waals surface area contributed by atoms with Gasteiger partial charge < -0.3 is 24.1 Å². The van der Waals surface area contributed by atoms with Gasteiger partial charge in [0.2, 0.25) is 6.23 Å². The molecule has 0 spiro atoms. The van der Waals surface area contributed by atoms with E-state index in [2.05, 4.69) is 0 Å². The summed E-state index contributed by atoms with van der Waals surface area (Å²) in [6.45, 7) is 0. The van der Waals surface area contributed by atoms with Crippen LogP contribution in [-0.4, -0.2) is 37.2 Å². The van der Waals surface area contributed by atoms with Gasteiger partial charge >= 0.3 is 0 Å². The van der Waals surface area contributed by atoms with Gasteiger partial charge in [-0.15, -0.1) is 0 Å². The quantitative estimate of drug-likeness (QED) is 0.632. The van der Waals surface area contributed by atoms with Crippen LogP contribution in [0.1, 0.15) is 35.4 Å². The second-order valence-electron chi connectivity index (χ2n) is 7.60. The number of phenolic OH excluding ortho intramolecular Hbond substituents is 1. The lowest BCUT2D eigenvalue weighted by Crippen LogP contribution is -2.34. The lowest BCUT2D eigenvalue weighted by Gasteiger charge is -2.39. The molecule has 0 bridgehead atoms. The molecule has 0 unspecified atom stereocenters. The fraction of sp³-hybridized carbons (Fsp3) is 0.240. The van der Waals surface area contributed by atoms with E-state index in [1.165, 1.54) is 0 Å². The molecule has 1 N–H and O–H groups in total. The highest BCUT2D eigenvalue weighted by atomic mass is 16.5. The van der Waals surface area contributed by atoms with Crippen LogP contribution in [0.15, 0.2) is 65.8 Å². The van der Waals surface area contributed by atoms with Gasteiger partial charge in [0.1, 0.15) is 5.75 Å². The Kier molecular flexibility index (Phi) is 5.01. The third kappa shape index (κ3) is 3.09. The number of para-hydroxylation sites is 3. The van der Waals surface area contributed by atoms with Crippen molar-refractivity contribution in [2.45, 2.75) is 18.7 Å². The van der Waals surface area contributed by atoms with Crippen LogP contribution in [-0.2, 0) is 0 Å². The number of methoxy groups -OCH3 is 3. The van der Waals surface area contributed by atoms with Crippen LogP contribution < -0.4 is 18.9 Å². The molecule has 0 saturated carbocycles. The lowest BCUT2D eigenvalue weighted by atomic mass is 9.95. The van der Waals surface area contributed by atoms with Crippen molar-refractivity contribution in [1.29, 1.82) is 0 Å². The molecule has 0 saturated heterocycles. The Morgan fingerprint density at radius 1 is 0.875 bits per heavy atom. The Balaban J connectivity index is 1.68. The Labute approximate surface area is 186 Å². The zero-order valence-electron chi connectivity index (χ0n) is 18.1. The number of phenols is 1. The number of rotatable bonds is 5. The van der Waals surface area contributed by atoms with Crippen LogP contribution in [0.5, 0.6) is 28.7 Å². The van der Waals surface area contributed by atoms with Crippen LogP contribution in [0, 0.1) is 0 Å². The molecular weight excluding hydrogens is 408 g/mol. The zero-order valence-corrected chi connectivity index (χ0v) is 18.1. The van der Waals surface area contributed by atoms with Crippen molar-refractivity contribution in [1.82, 2.24) is 5.01 Å². The second-order valence-corrected chi connectivity index (χ2v) is 7.60. The second kappa shape index (κ2) is 8.00. The number of hydrogen-bond acceptors (Lipinski definition) is 7. The highest BCUT2D eigenvalue weighted by Crippen LogP contribution is 2.52. The molecule has 2 heterocycles. The summed E-state index contributed by atoms with van der Waals surface area (Å²) in [5.41, 5.74) is 3.27. The molecule has 164 valence electrons. The third-order valence-electron chi connectivity index (χ3n) is 5.91. The highest BCUT2D eigenvalue weighted by Gasteiger charge is 2.43. The fourth-order valence-corrected chi connectivity index (χ4v) is 4.44. The molecule has 7 heteroatoms. The Morgan fingerprint density at radius 2 is 1.59 bits per heavy atom. The van der Waals surface area contributed by atoms with E-state index in [0.717, 1.165) is 16.8 Å². The van der Waals surface area contributed by atoms with Gasteiger partial charge in [-0.3, -0.25) is 0 Å². The predicted molar refractivity (Wildman–Crippen MR) is 120 cm³/mol. The van der Waals surface area contributed by atoms with E-state index in [0.29, 0.717) is 35.0 Å². The molecule has 2 atom stereocenters. The topological polar surface area (TPSA) is 72.8 Å². The van der Waals surface area contributed by atoms with Gasteiger partial charge in [0.05, 0.1) is 38.6 Å². The molecule has 3 aromatic carbocycles. The summed E-state index contributed by atoms with van der Waals surface area (Å²) in [4.78, 5) is 0. The summed E-state index contributed by atoms with van der Waals surface area (Å²) in [7, 11) is 4.84. The number of benzene rings is 3. The van der Waals surface area contributed by atoms with Crippen molar-refractivity contribution in [3.63, 3.8) is 0 Å². The van der Waals surface area contributed by atoms with E-state index in [1.54, 1.807) is 33.5 Å². The molecule has 0 fully saturated rings. The third-order valence-corrected chi connectivity index (χ3v) is 5.91. The van der Waals surface area contributed by atoms with Crippen LogP contribution in [0.3, 0.4) is 0 Å². The molecule has 32 heavy (non-hydrogen) atoms. The summed E-state index contributed by atoms with van der Waals surface area (Å²) in [6.07, 6.45) is 0.0429. The van der Waals surface area contributed by atoms with Gasteiger partial charge in [0.15, 0.2) is 23.0 Å². The molecule has 5 rings (SSSR count). The van der Waals surface area contributed by atoms with Crippen LogP contribution in [0.25, 0.3) is 0 Å². The maximum Gasteiger partial charge on any atom is 0.217 e. The van der Waals surface area contributed by atoms with Crippen molar-refractivity contribution < 1.29 is 24.1 Å². The van der Waals surface area contributed by atoms with E-state index < -0.39 is 6.23 Å². The van der Waals surface area contributed by atoms with Gasteiger partial charge in [-0.05, 0) is 30.3 Å². The number of ether oxygens (including phenoxy) is 4. The first-order chi connectivity index (χ1) is 15.7. The van der Waals surface area contributed by atoms with E-state index >= 15 is 0 Å². The Hall–Kier alpha value is -3.87. The maximum absolute atomic E-state index is 10.4. The minimum atomic E-state index is -0.572. The average Bonchev–Trinajstić information content (AvgIpc) is 3.28. The first kappa shape index (κ1) is 20.1. The monoisotopic (exact) mass is 432 g/mol. The van der Waals surface area contributed by atoms with E-state index in [9.17, 15) is 5.11 Å². The molecule has 2 aliphatic rings. The molecule has 0 aromatic heterocycles. The predicted octanol–water partition coefficient (Wildman–Crippen LogP) is 4.66. The number of aromatic hydroxyl groups is 1. The summed E-state index contributed by atoms with van der Waals surface area (Å²) in [5.74, 6) is 2.74. The minimum Gasteiger partial charge on any atom is -0.507 e. The Morgan fingerprint density at radius 3 is 2.31 bits per heavy atom. The van der Waals surface area contributed by atoms with Crippen molar-refractivity contribution in [3.05, 3.63) is 77.4 Å². The van der Waals surface area contributed by atoms with Crippen molar-refractivity contribution in [2.75, 3.05) is 21.3 Å². The fourth-order valence-electron chi connectivity index (χ4n) is 4.44. The van der Waals surface area contributed by atoms with Crippen molar-refractivity contribution in [3.8, 4) is 28.7 Å². The van der Waals surface area contributed by atoms with Crippen molar-refractivity contribution >= 4 is 5.71 Å². The van der Waals surface area contributed by atoms with Gasteiger partial charge in [-0.25, -0.2) is 5.01 Å². The number of fused-ring (bicyclic) bond motifs is 3. The van der Waals surface area contributed by atoms with Crippen molar-refractivity contribution in [2.24, 2.45) is 5.10 Å². The van der Waals surface area contributed by atoms with Gasteiger partial charge in [-0.2, -0.15) is 5.10 Å². The molecule has 0 amide bonds. The van der Waals surface area contributed by atoms with E-state index in [4.69, 9.17) is 24.0 Å². The zero-order chi connectivity index (χ0) is 22.2. The molecule has 0 aliphatic carbocycles.